The van der Waals surface area contributed by atoms with E-state index >= 15 is 0 Å². The second-order valence-electron chi connectivity index (χ2n) is 6.89. The highest BCUT2D eigenvalue weighted by atomic mass is 16.6. The van der Waals surface area contributed by atoms with Gasteiger partial charge >= 0.3 is 6.09 Å². The van der Waals surface area contributed by atoms with E-state index in [2.05, 4.69) is 20.2 Å². The summed E-state index contributed by atoms with van der Waals surface area (Å²) < 4.78 is 10.6. The smallest absolute Gasteiger partial charge is 0.407 e. The summed E-state index contributed by atoms with van der Waals surface area (Å²) in [7, 11) is 0. The van der Waals surface area contributed by atoms with E-state index in [1.54, 1.807) is 12.6 Å². The molecule has 1 aliphatic rings. The van der Waals surface area contributed by atoms with E-state index in [1.807, 2.05) is 39.0 Å². The Morgan fingerprint density at radius 3 is 2.88 bits per heavy atom. The van der Waals surface area contributed by atoms with Crippen molar-refractivity contribution in [3.63, 3.8) is 0 Å². The van der Waals surface area contributed by atoms with Gasteiger partial charge in [-0.1, -0.05) is 0 Å². The quantitative estimate of drug-likeness (QED) is 0.928. The van der Waals surface area contributed by atoms with Crippen molar-refractivity contribution in [2.45, 2.75) is 26.4 Å². The summed E-state index contributed by atoms with van der Waals surface area (Å²) in [5.41, 5.74) is 0.291. The van der Waals surface area contributed by atoms with E-state index < -0.39 is 5.60 Å². The van der Waals surface area contributed by atoms with Crippen LogP contribution >= 0.6 is 0 Å². The van der Waals surface area contributed by atoms with Crippen LogP contribution in [0.25, 0.3) is 11.5 Å². The van der Waals surface area contributed by atoms with Crippen LogP contribution in [0, 0.1) is 5.92 Å². The molecule has 2 aromatic heterocycles. The average molecular weight is 330 g/mol. The summed E-state index contributed by atoms with van der Waals surface area (Å²) in [5, 5.41) is 2.81. The van der Waals surface area contributed by atoms with Crippen molar-refractivity contribution in [1.82, 2.24) is 15.3 Å². The van der Waals surface area contributed by atoms with Gasteiger partial charge in [0.1, 0.15) is 23.4 Å². The monoisotopic (exact) mass is 330 g/mol. The van der Waals surface area contributed by atoms with Gasteiger partial charge < -0.3 is 19.4 Å². The van der Waals surface area contributed by atoms with Crippen molar-refractivity contribution in [1.29, 1.82) is 0 Å². The highest BCUT2D eigenvalue weighted by Crippen LogP contribution is 2.26. The summed E-state index contributed by atoms with van der Waals surface area (Å²) in [4.78, 5) is 22.3. The number of nitrogens with zero attached hydrogens (tertiary/aromatic N) is 3. The zero-order valence-electron chi connectivity index (χ0n) is 14.2. The number of ether oxygens (including phenoxy) is 1. The molecule has 3 rings (SSSR count). The Hall–Kier alpha value is -2.57. The molecule has 1 amide bonds. The zero-order valence-corrected chi connectivity index (χ0v) is 14.2. The normalized spacial score (nSPS) is 15.0. The van der Waals surface area contributed by atoms with Gasteiger partial charge in [-0.25, -0.2) is 14.8 Å². The lowest BCUT2D eigenvalue weighted by atomic mass is 10.0. The van der Waals surface area contributed by atoms with Crippen molar-refractivity contribution < 1.29 is 13.9 Å². The molecule has 7 nitrogen and oxygen atoms in total. The van der Waals surface area contributed by atoms with Gasteiger partial charge in [0, 0.05) is 31.6 Å². The minimum Gasteiger partial charge on any atom is -0.463 e. The maximum Gasteiger partial charge on any atom is 0.407 e. The molecule has 0 atom stereocenters. The molecule has 3 heterocycles. The average Bonchev–Trinajstić information content (AvgIpc) is 2.98. The highest BCUT2D eigenvalue weighted by molar-refractivity contribution is 5.67. The van der Waals surface area contributed by atoms with E-state index in [1.165, 1.54) is 0 Å². The molecular formula is C17H22N4O3. The van der Waals surface area contributed by atoms with Crippen LogP contribution in [0.5, 0.6) is 0 Å². The molecule has 1 aliphatic heterocycles. The van der Waals surface area contributed by atoms with Crippen LogP contribution in [0.3, 0.4) is 0 Å². The molecule has 0 spiro atoms. The van der Waals surface area contributed by atoms with Crippen molar-refractivity contribution in [3.8, 4) is 11.5 Å². The topological polar surface area (TPSA) is 80.5 Å². The number of amides is 1. The van der Waals surface area contributed by atoms with Crippen molar-refractivity contribution >= 4 is 11.9 Å². The SMILES string of the molecule is CC(C)(C)OC(=O)NCC1CN(c2cc(-c3ccco3)ncn2)C1. The number of aromatic nitrogens is 2. The number of carbonyl (C=O) groups excluding carboxylic acids is 1. The maximum absolute atomic E-state index is 11.7. The maximum atomic E-state index is 11.7. The highest BCUT2D eigenvalue weighted by Gasteiger charge is 2.29. The fourth-order valence-electron chi connectivity index (χ4n) is 2.51. The molecular weight excluding hydrogens is 308 g/mol. The van der Waals surface area contributed by atoms with Crippen molar-refractivity contribution in [2.24, 2.45) is 5.92 Å². The van der Waals surface area contributed by atoms with Crippen LogP contribution in [-0.4, -0.2) is 41.3 Å². The Balaban J connectivity index is 1.49. The molecule has 24 heavy (non-hydrogen) atoms. The fourth-order valence-corrected chi connectivity index (χ4v) is 2.51. The Labute approximate surface area is 141 Å². The Morgan fingerprint density at radius 2 is 2.21 bits per heavy atom. The lowest BCUT2D eigenvalue weighted by Crippen LogP contribution is -2.52. The molecule has 0 radical (unpaired) electrons. The predicted molar refractivity (Wildman–Crippen MR) is 89.7 cm³/mol. The molecule has 7 heteroatoms. The second-order valence-corrected chi connectivity index (χ2v) is 6.89. The lowest BCUT2D eigenvalue weighted by Gasteiger charge is -2.40. The van der Waals surface area contributed by atoms with Crippen LogP contribution < -0.4 is 10.2 Å². The molecule has 1 fully saturated rings. The molecule has 128 valence electrons. The van der Waals surface area contributed by atoms with Crippen molar-refractivity contribution in [2.75, 3.05) is 24.5 Å². The zero-order chi connectivity index (χ0) is 17.2. The molecule has 0 saturated carbocycles. The standard InChI is InChI=1S/C17H22N4O3/c1-17(2,3)24-16(22)18-8-12-9-21(10-12)15-7-13(19-11-20-15)14-5-4-6-23-14/h4-7,11-12H,8-10H2,1-3H3,(H,18,22). The number of hydrogen-bond acceptors (Lipinski definition) is 6. The summed E-state index contributed by atoms with van der Waals surface area (Å²) >= 11 is 0. The summed E-state index contributed by atoms with van der Waals surface area (Å²) in [6.45, 7) is 7.83. The van der Waals surface area contributed by atoms with E-state index in [-0.39, 0.29) is 6.09 Å². The molecule has 0 aliphatic carbocycles. The van der Waals surface area contributed by atoms with E-state index in [4.69, 9.17) is 9.15 Å². The molecule has 1 N–H and O–H groups in total. The van der Waals surface area contributed by atoms with E-state index in [0.29, 0.717) is 12.5 Å². The van der Waals surface area contributed by atoms with E-state index in [0.717, 1.165) is 30.4 Å². The number of rotatable bonds is 4. The third-order valence-corrected chi connectivity index (χ3v) is 3.64. The van der Waals surface area contributed by atoms with Crippen LogP contribution in [0.2, 0.25) is 0 Å². The lowest BCUT2D eigenvalue weighted by molar-refractivity contribution is 0.0516. The van der Waals surface area contributed by atoms with E-state index in [9.17, 15) is 4.79 Å². The van der Waals surface area contributed by atoms with Gasteiger partial charge in [0.05, 0.1) is 6.26 Å². The van der Waals surface area contributed by atoms with Crippen LogP contribution in [0.1, 0.15) is 20.8 Å². The number of carbonyl (C=O) groups is 1. The van der Waals surface area contributed by atoms with Crippen LogP contribution in [-0.2, 0) is 4.74 Å². The Kier molecular flexibility index (Phi) is 4.42. The Morgan fingerprint density at radius 1 is 1.42 bits per heavy atom. The van der Waals surface area contributed by atoms with Gasteiger partial charge in [-0.2, -0.15) is 0 Å². The number of alkyl carbamates (subject to hydrolysis) is 1. The largest absolute Gasteiger partial charge is 0.463 e. The summed E-state index contributed by atoms with van der Waals surface area (Å²) in [5.74, 6) is 1.98. The first-order valence-electron chi connectivity index (χ1n) is 7.98. The van der Waals surface area contributed by atoms with Gasteiger partial charge in [-0.15, -0.1) is 0 Å². The first kappa shape index (κ1) is 16.3. The van der Waals surface area contributed by atoms with Gasteiger partial charge in [0.2, 0.25) is 0 Å². The first-order valence-corrected chi connectivity index (χ1v) is 7.98. The summed E-state index contributed by atoms with van der Waals surface area (Å²) in [6.07, 6.45) is 2.79. The number of hydrogen-bond donors (Lipinski definition) is 1. The third-order valence-electron chi connectivity index (χ3n) is 3.64. The van der Waals surface area contributed by atoms with Crippen LogP contribution in [0.4, 0.5) is 10.6 Å². The Bertz CT molecular complexity index is 688. The third kappa shape index (κ3) is 4.04. The molecule has 0 aromatic carbocycles. The van der Waals surface area contributed by atoms with Gasteiger partial charge in [0.15, 0.2) is 5.76 Å². The first-order chi connectivity index (χ1) is 11.4. The van der Waals surface area contributed by atoms with Crippen molar-refractivity contribution in [3.05, 3.63) is 30.8 Å². The van der Waals surface area contributed by atoms with Crippen LogP contribution in [0.15, 0.2) is 35.2 Å². The number of anilines is 1. The predicted octanol–water partition coefficient (Wildman–Crippen LogP) is 2.70. The molecule has 2 aromatic rings. The summed E-state index contributed by atoms with van der Waals surface area (Å²) in [6, 6.07) is 5.62. The molecule has 0 unspecified atom stereocenters. The van der Waals surface area contributed by atoms with Gasteiger partial charge in [-0.3, -0.25) is 0 Å². The second kappa shape index (κ2) is 6.51. The number of furan rings is 1. The minimum atomic E-state index is -0.473. The molecule has 0 bridgehead atoms. The fraction of sp³-hybridized carbons (Fsp3) is 0.471. The van der Waals surface area contributed by atoms with Gasteiger partial charge in [-0.05, 0) is 32.9 Å². The number of nitrogens with one attached hydrogen (secondary N) is 1. The van der Waals surface area contributed by atoms with Gasteiger partial charge in [0.25, 0.3) is 0 Å². The molecule has 1 saturated heterocycles. The minimum absolute atomic E-state index is 0.372.